The molecule has 130 valence electrons. The van der Waals surface area contributed by atoms with Gasteiger partial charge in [-0.05, 0) is 56.3 Å². The van der Waals surface area contributed by atoms with Crippen molar-refractivity contribution in [2.45, 2.75) is 58.6 Å². The Hall–Kier alpha value is -1.26. The minimum Gasteiger partial charge on any atom is -0.481 e. The van der Waals surface area contributed by atoms with E-state index in [1.807, 2.05) is 19.9 Å². The third kappa shape index (κ3) is 5.70. The van der Waals surface area contributed by atoms with E-state index >= 15 is 0 Å². The van der Waals surface area contributed by atoms with Crippen LogP contribution in [-0.4, -0.2) is 31.1 Å². The van der Waals surface area contributed by atoms with Gasteiger partial charge in [-0.15, -0.1) is 12.4 Å². The SMILES string of the molecule is Cc1ccc(C(C)C)c(OC(C)C(=O)NCC2CCCN2)c1.Cl. The van der Waals surface area contributed by atoms with Crippen LogP contribution in [0.1, 0.15) is 50.7 Å². The molecule has 0 spiro atoms. The molecule has 2 unspecified atom stereocenters. The van der Waals surface area contributed by atoms with E-state index in [0.717, 1.165) is 29.8 Å². The van der Waals surface area contributed by atoms with Gasteiger partial charge >= 0.3 is 0 Å². The first kappa shape index (κ1) is 19.8. The maximum atomic E-state index is 12.2. The number of amides is 1. The van der Waals surface area contributed by atoms with E-state index in [-0.39, 0.29) is 18.3 Å². The highest BCUT2D eigenvalue weighted by Gasteiger charge is 2.20. The molecule has 23 heavy (non-hydrogen) atoms. The Labute approximate surface area is 145 Å². The van der Waals surface area contributed by atoms with E-state index in [2.05, 4.69) is 36.6 Å². The van der Waals surface area contributed by atoms with Gasteiger partial charge in [-0.2, -0.15) is 0 Å². The summed E-state index contributed by atoms with van der Waals surface area (Å²) in [4.78, 5) is 12.2. The van der Waals surface area contributed by atoms with Gasteiger partial charge in [0.1, 0.15) is 5.75 Å². The molecule has 0 aliphatic carbocycles. The fourth-order valence-electron chi connectivity index (χ4n) is 2.76. The summed E-state index contributed by atoms with van der Waals surface area (Å²) in [6.45, 7) is 9.84. The quantitative estimate of drug-likeness (QED) is 0.836. The summed E-state index contributed by atoms with van der Waals surface area (Å²) in [6, 6.07) is 6.58. The van der Waals surface area contributed by atoms with E-state index in [1.165, 1.54) is 6.42 Å². The van der Waals surface area contributed by atoms with Gasteiger partial charge in [0, 0.05) is 12.6 Å². The van der Waals surface area contributed by atoms with Crippen molar-refractivity contribution in [2.24, 2.45) is 0 Å². The molecule has 0 aromatic heterocycles. The first-order valence-corrected chi connectivity index (χ1v) is 8.25. The number of hydrogen-bond acceptors (Lipinski definition) is 3. The van der Waals surface area contributed by atoms with Crippen LogP contribution in [0.2, 0.25) is 0 Å². The monoisotopic (exact) mass is 340 g/mol. The van der Waals surface area contributed by atoms with Crippen LogP contribution in [-0.2, 0) is 4.79 Å². The van der Waals surface area contributed by atoms with Crippen LogP contribution in [0.25, 0.3) is 0 Å². The molecule has 1 amide bonds. The van der Waals surface area contributed by atoms with Gasteiger partial charge in [-0.3, -0.25) is 4.79 Å². The molecule has 1 aliphatic heterocycles. The zero-order valence-electron chi connectivity index (χ0n) is 14.5. The van der Waals surface area contributed by atoms with Crippen molar-refractivity contribution in [1.29, 1.82) is 0 Å². The second-order valence-electron chi connectivity index (χ2n) is 6.49. The average Bonchev–Trinajstić information content (AvgIpc) is 2.97. The van der Waals surface area contributed by atoms with Crippen molar-refractivity contribution in [3.8, 4) is 5.75 Å². The van der Waals surface area contributed by atoms with Gasteiger partial charge < -0.3 is 15.4 Å². The van der Waals surface area contributed by atoms with Gasteiger partial charge in [-0.1, -0.05) is 26.0 Å². The van der Waals surface area contributed by atoms with Crippen LogP contribution in [0.4, 0.5) is 0 Å². The third-order valence-electron chi connectivity index (χ3n) is 4.15. The molecule has 1 aromatic rings. The molecule has 1 aliphatic rings. The molecular formula is C18H29ClN2O2. The van der Waals surface area contributed by atoms with Crippen LogP contribution in [0.15, 0.2) is 18.2 Å². The lowest BCUT2D eigenvalue weighted by Crippen LogP contribution is -2.42. The summed E-state index contributed by atoms with van der Waals surface area (Å²) in [5.41, 5.74) is 2.28. The van der Waals surface area contributed by atoms with Crippen molar-refractivity contribution in [1.82, 2.24) is 10.6 Å². The predicted molar refractivity (Wildman–Crippen MR) is 96.6 cm³/mol. The molecule has 0 radical (unpaired) electrons. The molecule has 4 nitrogen and oxygen atoms in total. The number of nitrogens with one attached hydrogen (secondary N) is 2. The number of ether oxygens (including phenoxy) is 1. The lowest BCUT2D eigenvalue weighted by atomic mass is 10.0. The van der Waals surface area contributed by atoms with Gasteiger partial charge in [0.25, 0.3) is 5.91 Å². The second-order valence-corrected chi connectivity index (χ2v) is 6.49. The number of aryl methyl sites for hydroxylation is 1. The molecule has 1 saturated heterocycles. The number of carbonyl (C=O) groups excluding carboxylic acids is 1. The molecule has 2 N–H and O–H groups in total. The van der Waals surface area contributed by atoms with E-state index in [9.17, 15) is 4.79 Å². The Morgan fingerprint density at radius 3 is 2.74 bits per heavy atom. The molecular weight excluding hydrogens is 312 g/mol. The summed E-state index contributed by atoms with van der Waals surface area (Å²) in [6.07, 6.45) is 1.83. The topological polar surface area (TPSA) is 50.4 Å². The van der Waals surface area contributed by atoms with E-state index in [0.29, 0.717) is 18.5 Å². The van der Waals surface area contributed by atoms with Crippen molar-refractivity contribution in [3.63, 3.8) is 0 Å². The molecule has 1 heterocycles. The van der Waals surface area contributed by atoms with Crippen LogP contribution in [0, 0.1) is 6.92 Å². The maximum Gasteiger partial charge on any atom is 0.260 e. The summed E-state index contributed by atoms with van der Waals surface area (Å²) >= 11 is 0. The Balaban J connectivity index is 0.00000264. The van der Waals surface area contributed by atoms with E-state index < -0.39 is 6.10 Å². The van der Waals surface area contributed by atoms with E-state index in [4.69, 9.17) is 4.74 Å². The fraction of sp³-hybridized carbons (Fsp3) is 0.611. The predicted octanol–water partition coefficient (Wildman–Crippen LogP) is 3.18. The smallest absolute Gasteiger partial charge is 0.260 e. The average molecular weight is 341 g/mol. The Bertz CT molecular complexity index is 514. The number of halogens is 1. The Kier molecular flexibility index (Phi) is 7.86. The zero-order chi connectivity index (χ0) is 16.1. The standard InChI is InChI=1S/C18H28N2O2.ClH/c1-12(2)16-8-7-13(3)10-17(16)22-14(4)18(21)20-11-15-6-5-9-19-15;/h7-8,10,12,14-15,19H,5-6,9,11H2,1-4H3,(H,20,21);1H. The maximum absolute atomic E-state index is 12.2. The minimum atomic E-state index is -0.485. The largest absolute Gasteiger partial charge is 0.481 e. The molecule has 2 atom stereocenters. The van der Waals surface area contributed by atoms with Gasteiger partial charge in [0.05, 0.1) is 0 Å². The van der Waals surface area contributed by atoms with Gasteiger partial charge in [0.15, 0.2) is 6.10 Å². The lowest BCUT2D eigenvalue weighted by molar-refractivity contribution is -0.127. The third-order valence-corrected chi connectivity index (χ3v) is 4.15. The van der Waals surface area contributed by atoms with Crippen molar-refractivity contribution < 1.29 is 9.53 Å². The van der Waals surface area contributed by atoms with Crippen molar-refractivity contribution in [3.05, 3.63) is 29.3 Å². The van der Waals surface area contributed by atoms with Crippen LogP contribution in [0.5, 0.6) is 5.75 Å². The van der Waals surface area contributed by atoms with Crippen molar-refractivity contribution in [2.75, 3.05) is 13.1 Å². The van der Waals surface area contributed by atoms with Crippen LogP contribution < -0.4 is 15.4 Å². The van der Waals surface area contributed by atoms with E-state index in [1.54, 1.807) is 0 Å². The molecule has 2 rings (SSSR count). The number of benzene rings is 1. The number of hydrogen-bond donors (Lipinski definition) is 2. The zero-order valence-corrected chi connectivity index (χ0v) is 15.3. The number of carbonyl (C=O) groups is 1. The molecule has 0 bridgehead atoms. The summed E-state index contributed by atoms with van der Waals surface area (Å²) in [5.74, 6) is 1.13. The second kappa shape index (κ2) is 9.14. The molecule has 0 saturated carbocycles. The highest BCUT2D eigenvalue weighted by molar-refractivity contribution is 5.85. The fourth-order valence-corrected chi connectivity index (χ4v) is 2.76. The van der Waals surface area contributed by atoms with Gasteiger partial charge in [0.2, 0.25) is 0 Å². The summed E-state index contributed by atoms with van der Waals surface area (Å²) in [7, 11) is 0. The summed E-state index contributed by atoms with van der Waals surface area (Å²) < 4.78 is 5.93. The van der Waals surface area contributed by atoms with Crippen LogP contribution in [0.3, 0.4) is 0 Å². The van der Waals surface area contributed by atoms with Crippen LogP contribution >= 0.6 is 12.4 Å². The highest BCUT2D eigenvalue weighted by Crippen LogP contribution is 2.28. The molecule has 1 aromatic carbocycles. The molecule has 1 fully saturated rings. The Morgan fingerprint density at radius 1 is 1.39 bits per heavy atom. The number of rotatable bonds is 6. The minimum absolute atomic E-state index is 0. The summed E-state index contributed by atoms with van der Waals surface area (Å²) in [5, 5.41) is 6.36. The van der Waals surface area contributed by atoms with Crippen molar-refractivity contribution >= 4 is 18.3 Å². The lowest BCUT2D eigenvalue weighted by Gasteiger charge is -2.20. The normalized spacial score (nSPS) is 18.4. The van der Waals surface area contributed by atoms with Gasteiger partial charge in [-0.25, -0.2) is 0 Å². The molecule has 5 heteroatoms. The highest BCUT2D eigenvalue weighted by atomic mass is 35.5. The first-order chi connectivity index (χ1) is 10.5. The first-order valence-electron chi connectivity index (χ1n) is 8.25. The Morgan fingerprint density at radius 2 is 2.13 bits per heavy atom.